The third-order valence-electron chi connectivity index (χ3n) is 3.23. The molecule has 0 aliphatic carbocycles. The van der Waals surface area contributed by atoms with Crippen LogP contribution in [-0.2, 0) is 11.3 Å². The number of H-pyrrole nitrogens is 1. The number of carbonyl (C=O) groups excluding carboxylic acids is 1. The Hall–Kier alpha value is -2.54. The van der Waals surface area contributed by atoms with Crippen molar-refractivity contribution in [1.29, 1.82) is 0 Å². The number of rotatable bonds is 6. The molecule has 0 unspecified atom stereocenters. The van der Waals surface area contributed by atoms with Crippen LogP contribution in [0.3, 0.4) is 0 Å². The minimum atomic E-state index is -0.418. The van der Waals surface area contributed by atoms with Gasteiger partial charge in [-0.25, -0.2) is 4.39 Å². The Kier molecular flexibility index (Phi) is 5.59. The standard InChI is InChI=1S/C16H20FN5O/c1-21(2)6-4-5-15(23)22(3)11-13-9-19-20-16(13)12-7-14(17)10-18-8-12/h4-5,7-10H,6,11H2,1-3H3,(H,19,20)/b5-4+. The lowest BCUT2D eigenvalue weighted by Crippen LogP contribution is -2.24. The van der Waals surface area contributed by atoms with E-state index in [1.54, 1.807) is 30.4 Å². The molecule has 2 aromatic heterocycles. The first-order valence-corrected chi connectivity index (χ1v) is 7.17. The highest BCUT2D eigenvalue weighted by atomic mass is 19.1. The molecule has 23 heavy (non-hydrogen) atoms. The highest BCUT2D eigenvalue weighted by molar-refractivity contribution is 5.87. The number of amides is 1. The molecule has 0 atom stereocenters. The molecule has 0 aromatic carbocycles. The van der Waals surface area contributed by atoms with Gasteiger partial charge in [0.15, 0.2) is 0 Å². The van der Waals surface area contributed by atoms with E-state index in [2.05, 4.69) is 15.2 Å². The monoisotopic (exact) mass is 317 g/mol. The highest BCUT2D eigenvalue weighted by Crippen LogP contribution is 2.21. The summed E-state index contributed by atoms with van der Waals surface area (Å²) in [6.45, 7) is 1.07. The number of likely N-dealkylation sites (N-methyl/N-ethyl adjacent to an activating group) is 2. The summed E-state index contributed by atoms with van der Waals surface area (Å²) in [5.41, 5.74) is 2.06. The fraction of sp³-hybridized carbons (Fsp3) is 0.312. The van der Waals surface area contributed by atoms with Crippen molar-refractivity contribution < 1.29 is 9.18 Å². The Morgan fingerprint density at radius 3 is 2.78 bits per heavy atom. The molecule has 7 heteroatoms. The van der Waals surface area contributed by atoms with Crippen LogP contribution in [0, 0.1) is 5.82 Å². The molecule has 0 saturated carbocycles. The van der Waals surface area contributed by atoms with Crippen molar-refractivity contribution in [3.8, 4) is 11.3 Å². The summed E-state index contributed by atoms with van der Waals surface area (Å²) in [6.07, 6.45) is 7.69. The summed E-state index contributed by atoms with van der Waals surface area (Å²) in [6, 6.07) is 1.38. The topological polar surface area (TPSA) is 65.1 Å². The molecule has 6 nitrogen and oxygen atoms in total. The van der Waals surface area contributed by atoms with Crippen LogP contribution in [0.4, 0.5) is 4.39 Å². The van der Waals surface area contributed by atoms with E-state index in [-0.39, 0.29) is 5.91 Å². The van der Waals surface area contributed by atoms with E-state index < -0.39 is 5.82 Å². The molecule has 122 valence electrons. The van der Waals surface area contributed by atoms with E-state index in [1.807, 2.05) is 25.1 Å². The molecule has 0 aliphatic rings. The summed E-state index contributed by atoms with van der Waals surface area (Å²) in [5, 5.41) is 6.82. The van der Waals surface area contributed by atoms with Gasteiger partial charge in [0, 0.05) is 43.5 Å². The van der Waals surface area contributed by atoms with Gasteiger partial charge in [-0.3, -0.25) is 14.9 Å². The van der Waals surface area contributed by atoms with Crippen molar-refractivity contribution in [2.75, 3.05) is 27.7 Å². The molecule has 0 aliphatic heterocycles. The number of halogens is 1. The first-order chi connectivity index (χ1) is 11.0. The van der Waals surface area contributed by atoms with Crippen LogP contribution >= 0.6 is 0 Å². The van der Waals surface area contributed by atoms with Gasteiger partial charge in [0.25, 0.3) is 0 Å². The normalized spacial score (nSPS) is 11.3. The summed E-state index contributed by atoms with van der Waals surface area (Å²) in [4.78, 5) is 19.4. The van der Waals surface area contributed by atoms with E-state index in [0.717, 1.165) is 11.8 Å². The predicted octanol–water partition coefficient (Wildman–Crippen LogP) is 1.69. The zero-order chi connectivity index (χ0) is 16.8. The van der Waals surface area contributed by atoms with Gasteiger partial charge in [0.2, 0.25) is 5.91 Å². The fourth-order valence-corrected chi connectivity index (χ4v) is 2.05. The molecule has 1 N–H and O–H groups in total. The number of aromatic nitrogens is 3. The zero-order valence-electron chi connectivity index (χ0n) is 13.5. The summed E-state index contributed by atoms with van der Waals surface area (Å²) < 4.78 is 13.3. The Bertz CT molecular complexity index is 695. The summed E-state index contributed by atoms with van der Waals surface area (Å²) in [7, 11) is 5.58. The highest BCUT2D eigenvalue weighted by Gasteiger charge is 2.13. The number of aromatic amines is 1. The quantitative estimate of drug-likeness (QED) is 0.824. The number of pyridine rings is 1. The molecule has 1 amide bonds. The molecule has 2 aromatic rings. The predicted molar refractivity (Wildman–Crippen MR) is 85.9 cm³/mol. The van der Waals surface area contributed by atoms with Crippen LogP contribution in [0.2, 0.25) is 0 Å². The van der Waals surface area contributed by atoms with Gasteiger partial charge in [0.1, 0.15) is 5.82 Å². The van der Waals surface area contributed by atoms with Crippen LogP contribution in [0.25, 0.3) is 11.3 Å². The van der Waals surface area contributed by atoms with Gasteiger partial charge in [-0.05, 0) is 20.2 Å². The molecule has 0 fully saturated rings. The van der Waals surface area contributed by atoms with Crippen molar-refractivity contribution >= 4 is 5.91 Å². The van der Waals surface area contributed by atoms with Gasteiger partial charge in [-0.2, -0.15) is 5.10 Å². The van der Waals surface area contributed by atoms with Gasteiger partial charge in [-0.15, -0.1) is 0 Å². The van der Waals surface area contributed by atoms with Gasteiger partial charge in [0.05, 0.1) is 18.1 Å². The summed E-state index contributed by atoms with van der Waals surface area (Å²) >= 11 is 0. The smallest absolute Gasteiger partial charge is 0.246 e. The second-order valence-electron chi connectivity index (χ2n) is 5.52. The van der Waals surface area contributed by atoms with Crippen LogP contribution < -0.4 is 0 Å². The number of carbonyl (C=O) groups is 1. The van der Waals surface area contributed by atoms with Gasteiger partial charge < -0.3 is 9.80 Å². The van der Waals surface area contributed by atoms with E-state index in [4.69, 9.17) is 0 Å². The minimum Gasteiger partial charge on any atom is -0.338 e. The number of hydrogen-bond acceptors (Lipinski definition) is 4. The average Bonchev–Trinajstić information content (AvgIpc) is 2.94. The Labute approximate surface area is 134 Å². The zero-order valence-corrected chi connectivity index (χ0v) is 13.5. The molecule has 0 spiro atoms. The van der Waals surface area contributed by atoms with Gasteiger partial charge in [-0.1, -0.05) is 6.08 Å². The molecular formula is C16H20FN5O. The Morgan fingerprint density at radius 1 is 1.30 bits per heavy atom. The van der Waals surface area contributed by atoms with Crippen LogP contribution in [-0.4, -0.2) is 58.6 Å². The third-order valence-corrected chi connectivity index (χ3v) is 3.23. The SMILES string of the molecule is CN(C)C/C=C/C(=O)N(C)Cc1cn[nH]c1-c1cncc(F)c1. The van der Waals surface area contributed by atoms with Gasteiger partial charge >= 0.3 is 0 Å². The largest absolute Gasteiger partial charge is 0.338 e. The van der Waals surface area contributed by atoms with Crippen molar-refractivity contribution in [3.05, 3.63) is 48.2 Å². The van der Waals surface area contributed by atoms with Crippen molar-refractivity contribution in [2.45, 2.75) is 6.54 Å². The molecule has 0 radical (unpaired) electrons. The van der Waals surface area contributed by atoms with E-state index >= 15 is 0 Å². The maximum atomic E-state index is 13.3. The Balaban J connectivity index is 2.08. The van der Waals surface area contributed by atoms with Crippen LogP contribution in [0.15, 0.2) is 36.8 Å². The van der Waals surface area contributed by atoms with Crippen molar-refractivity contribution in [3.63, 3.8) is 0 Å². The number of nitrogens with zero attached hydrogens (tertiary/aromatic N) is 4. The van der Waals surface area contributed by atoms with Crippen molar-refractivity contribution in [1.82, 2.24) is 25.0 Å². The first kappa shape index (κ1) is 16.8. The van der Waals surface area contributed by atoms with E-state index in [9.17, 15) is 9.18 Å². The maximum absolute atomic E-state index is 13.3. The second-order valence-corrected chi connectivity index (χ2v) is 5.52. The Morgan fingerprint density at radius 2 is 2.09 bits per heavy atom. The fourth-order valence-electron chi connectivity index (χ4n) is 2.05. The minimum absolute atomic E-state index is 0.101. The lowest BCUT2D eigenvalue weighted by molar-refractivity contribution is -0.125. The number of nitrogens with one attached hydrogen (secondary N) is 1. The van der Waals surface area contributed by atoms with E-state index in [0.29, 0.717) is 24.3 Å². The molecule has 0 saturated heterocycles. The lowest BCUT2D eigenvalue weighted by atomic mass is 10.1. The second kappa shape index (κ2) is 7.64. The van der Waals surface area contributed by atoms with Crippen molar-refractivity contribution in [2.24, 2.45) is 0 Å². The van der Waals surface area contributed by atoms with E-state index in [1.165, 1.54) is 6.07 Å². The molecular weight excluding hydrogens is 297 g/mol. The molecule has 2 rings (SSSR count). The number of hydrogen-bond donors (Lipinski definition) is 1. The lowest BCUT2D eigenvalue weighted by Gasteiger charge is -2.15. The molecule has 0 bridgehead atoms. The third kappa shape index (κ3) is 4.72. The average molecular weight is 317 g/mol. The summed E-state index contributed by atoms with van der Waals surface area (Å²) in [5.74, 6) is -0.518. The van der Waals surface area contributed by atoms with Crippen LogP contribution in [0.1, 0.15) is 5.56 Å². The molecule has 2 heterocycles. The maximum Gasteiger partial charge on any atom is 0.246 e. The first-order valence-electron chi connectivity index (χ1n) is 7.17. The van der Waals surface area contributed by atoms with Crippen LogP contribution in [0.5, 0.6) is 0 Å².